The van der Waals surface area contributed by atoms with Gasteiger partial charge in [0.2, 0.25) is 5.91 Å². The number of carbonyl (C=O) groups is 2. The third-order valence-electron chi connectivity index (χ3n) is 5.29. The van der Waals surface area contributed by atoms with Gasteiger partial charge < -0.3 is 25.1 Å². The summed E-state index contributed by atoms with van der Waals surface area (Å²) in [6, 6.07) is 3.12. The van der Waals surface area contributed by atoms with E-state index in [1.807, 2.05) is 12.2 Å². The van der Waals surface area contributed by atoms with Crippen LogP contribution in [0.25, 0.3) is 10.9 Å². The lowest BCUT2D eigenvalue weighted by Gasteiger charge is -2.13. The van der Waals surface area contributed by atoms with E-state index in [1.54, 1.807) is 30.1 Å². The predicted molar refractivity (Wildman–Crippen MR) is 115 cm³/mol. The van der Waals surface area contributed by atoms with Gasteiger partial charge in [-0.25, -0.2) is 9.37 Å². The number of nitrogens with one attached hydrogen (secondary N) is 3. The van der Waals surface area contributed by atoms with Crippen LogP contribution in [0.5, 0.6) is 0 Å². The van der Waals surface area contributed by atoms with Crippen molar-refractivity contribution < 1.29 is 18.1 Å². The Kier molecular flexibility index (Phi) is 4.32. The van der Waals surface area contributed by atoms with E-state index in [4.69, 9.17) is 4.11 Å². The molecule has 0 aromatic carbocycles. The number of carbonyl (C=O) groups excluding carboxylic acids is 2. The second kappa shape index (κ2) is 7.86. The molecular formula is C21H23FN6O3. The number of amides is 2. The van der Waals surface area contributed by atoms with E-state index in [9.17, 15) is 18.8 Å². The molecule has 3 aromatic rings. The zero-order valence-corrected chi connectivity index (χ0v) is 16.9. The minimum atomic E-state index is -2.74. The molecule has 3 N–H and O–H groups in total. The van der Waals surface area contributed by atoms with Gasteiger partial charge in [0.25, 0.3) is 11.5 Å². The molecule has 1 aliphatic carbocycles. The van der Waals surface area contributed by atoms with Crippen molar-refractivity contribution in [3.05, 3.63) is 46.6 Å². The fourth-order valence-electron chi connectivity index (χ4n) is 3.46. The van der Waals surface area contributed by atoms with E-state index < -0.39 is 30.9 Å². The molecule has 1 aliphatic rings. The molecule has 4 rings (SSSR count). The lowest BCUT2D eigenvalue weighted by atomic mass is 10.2. The van der Waals surface area contributed by atoms with Gasteiger partial charge in [-0.15, -0.1) is 0 Å². The maximum Gasteiger partial charge on any atom is 0.262 e. The highest BCUT2D eigenvalue weighted by atomic mass is 19.1. The Balaban J connectivity index is 1.76. The molecule has 0 unspecified atom stereocenters. The fraction of sp³-hybridized carbons (Fsp3) is 0.333. The van der Waals surface area contributed by atoms with Crippen molar-refractivity contribution in [1.29, 1.82) is 0 Å². The summed E-state index contributed by atoms with van der Waals surface area (Å²) >= 11 is 0. The van der Waals surface area contributed by atoms with Crippen molar-refractivity contribution in [2.24, 2.45) is 13.0 Å². The van der Waals surface area contributed by atoms with E-state index in [0.717, 1.165) is 6.20 Å². The summed E-state index contributed by atoms with van der Waals surface area (Å²) in [7, 11) is 1.76. The van der Waals surface area contributed by atoms with Gasteiger partial charge >= 0.3 is 0 Å². The van der Waals surface area contributed by atoms with Crippen molar-refractivity contribution in [2.75, 3.05) is 17.6 Å². The van der Waals surface area contributed by atoms with Crippen molar-refractivity contribution in [3.8, 4) is 0 Å². The van der Waals surface area contributed by atoms with Crippen LogP contribution in [0.2, 0.25) is 0 Å². The molecule has 0 bridgehead atoms. The molecule has 31 heavy (non-hydrogen) atoms. The Labute approximate surface area is 181 Å². The molecule has 0 radical (unpaired) electrons. The number of nitrogens with zero attached hydrogens (tertiary/aromatic N) is 3. The molecule has 9 nitrogen and oxygen atoms in total. The van der Waals surface area contributed by atoms with Crippen molar-refractivity contribution in [2.45, 2.75) is 26.1 Å². The fourth-order valence-corrected chi connectivity index (χ4v) is 3.46. The van der Waals surface area contributed by atoms with Crippen LogP contribution in [0.15, 0.2) is 35.5 Å². The van der Waals surface area contributed by atoms with Gasteiger partial charge in [0.05, 0.1) is 33.8 Å². The summed E-state index contributed by atoms with van der Waals surface area (Å²) in [4.78, 5) is 41.8. The molecule has 0 aliphatic heterocycles. The van der Waals surface area contributed by atoms with Crippen LogP contribution in [0.1, 0.15) is 27.8 Å². The SMILES string of the molecule is [2H]C([2H])([2H])NC(=O)c1cnc(NC(=O)[C@@H]2C[C@@H]2F)cc1Nc1cn(C)c2ccn(CC)c(=O)c12. The highest BCUT2D eigenvalue weighted by Crippen LogP contribution is 2.35. The van der Waals surface area contributed by atoms with E-state index in [2.05, 4.69) is 15.6 Å². The Morgan fingerprint density at radius 3 is 2.84 bits per heavy atom. The van der Waals surface area contributed by atoms with Crippen molar-refractivity contribution >= 4 is 39.9 Å². The predicted octanol–water partition coefficient (Wildman–Crippen LogP) is 2.15. The molecule has 2 amide bonds. The Bertz CT molecular complexity index is 1350. The first kappa shape index (κ1) is 17.0. The first-order chi connectivity index (χ1) is 16.0. The maximum atomic E-state index is 13.2. The highest BCUT2D eigenvalue weighted by Gasteiger charge is 2.43. The number of halogens is 1. The van der Waals surface area contributed by atoms with E-state index in [1.165, 1.54) is 10.6 Å². The molecular weight excluding hydrogens is 403 g/mol. The third kappa shape index (κ3) is 3.76. The minimum Gasteiger partial charge on any atom is -0.355 e. The Hall–Kier alpha value is -3.69. The van der Waals surface area contributed by atoms with Gasteiger partial charge in [-0.2, -0.15) is 0 Å². The van der Waals surface area contributed by atoms with Crippen LogP contribution in [0.3, 0.4) is 0 Å². The minimum absolute atomic E-state index is 0.0447. The van der Waals surface area contributed by atoms with Crippen LogP contribution in [-0.4, -0.2) is 39.1 Å². The maximum absolute atomic E-state index is 13.2. The van der Waals surface area contributed by atoms with Crippen LogP contribution < -0.4 is 21.5 Å². The van der Waals surface area contributed by atoms with Gasteiger partial charge in [-0.1, -0.05) is 0 Å². The average Bonchev–Trinajstić information content (AvgIpc) is 3.40. The van der Waals surface area contributed by atoms with Crippen LogP contribution in [0.4, 0.5) is 21.6 Å². The second-order valence-corrected chi connectivity index (χ2v) is 7.36. The quantitative estimate of drug-likeness (QED) is 0.556. The average molecular weight is 429 g/mol. The number of fused-ring (bicyclic) bond motifs is 1. The standard InChI is InChI=1S/C21H23FN6O3/c1-4-28-6-5-16-18(21(28)31)15(10-27(16)3)25-14-8-17(24-9-12(14)19(29)23-2)26-20(30)11-7-13(11)22/h5-6,8-11,13H,4,7H2,1-3H3,(H,23,29)(H2,24,25,26,30)/t11-,13+/m1/s1/i2D3. The summed E-state index contributed by atoms with van der Waals surface area (Å²) in [6.45, 7) is -0.449. The van der Waals surface area contributed by atoms with Gasteiger partial charge in [-0.3, -0.25) is 14.4 Å². The Morgan fingerprint density at radius 1 is 1.39 bits per heavy atom. The van der Waals surface area contributed by atoms with Crippen molar-refractivity contribution in [3.63, 3.8) is 0 Å². The summed E-state index contributed by atoms with van der Waals surface area (Å²) < 4.78 is 38.4. The van der Waals surface area contributed by atoms with Crippen molar-refractivity contribution in [1.82, 2.24) is 19.4 Å². The van der Waals surface area contributed by atoms with E-state index >= 15 is 0 Å². The van der Waals surface area contributed by atoms with Crippen LogP contribution in [-0.2, 0) is 18.4 Å². The molecule has 162 valence electrons. The molecule has 3 aromatic heterocycles. The third-order valence-corrected chi connectivity index (χ3v) is 5.29. The molecule has 10 heteroatoms. The number of pyridine rings is 2. The molecule has 2 atom stereocenters. The number of hydrogen-bond donors (Lipinski definition) is 3. The monoisotopic (exact) mass is 429 g/mol. The number of alkyl halides is 1. The largest absolute Gasteiger partial charge is 0.355 e. The first-order valence-corrected chi connectivity index (χ1v) is 9.71. The molecule has 1 fully saturated rings. The number of anilines is 3. The van der Waals surface area contributed by atoms with E-state index in [0.29, 0.717) is 23.1 Å². The molecule has 0 saturated heterocycles. The van der Waals surface area contributed by atoms with Crippen LogP contribution in [0, 0.1) is 5.92 Å². The molecule has 1 saturated carbocycles. The summed E-state index contributed by atoms with van der Waals surface area (Å²) in [5.41, 5.74) is 0.770. The first-order valence-electron chi connectivity index (χ1n) is 11.2. The summed E-state index contributed by atoms with van der Waals surface area (Å²) in [5.74, 6) is -2.17. The zero-order valence-electron chi connectivity index (χ0n) is 19.9. The van der Waals surface area contributed by atoms with Gasteiger partial charge in [0, 0.05) is 49.3 Å². The normalized spacial score (nSPS) is 19.3. The zero-order chi connectivity index (χ0) is 24.8. The lowest BCUT2D eigenvalue weighted by Crippen LogP contribution is -2.21. The number of hydrogen-bond acceptors (Lipinski definition) is 5. The molecule has 3 heterocycles. The Morgan fingerprint density at radius 2 is 2.16 bits per heavy atom. The van der Waals surface area contributed by atoms with Crippen LogP contribution >= 0.6 is 0 Å². The summed E-state index contributed by atoms with van der Waals surface area (Å²) in [6.07, 6.45) is 3.39. The number of aryl methyl sites for hydroxylation is 2. The van der Waals surface area contributed by atoms with E-state index in [-0.39, 0.29) is 29.0 Å². The summed E-state index contributed by atoms with van der Waals surface area (Å²) in [5, 5.41) is 7.79. The smallest absolute Gasteiger partial charge is 0.262 e. The lowest BCUT2D eigenvalue weighted by molar-refractivity contribution is -0.117. The second-order valence-electron chi connectivity index (χ2n) is 7.36. The van der Waals surface area contributed by atoms with Gasteiger partial charge in [-0.05, 0) is 19.4 Å². The van der Waals surface area contributed by atoms with Gasteiger partial charge in [0.1, 0.15) is 12.0 Å². The number of aromatic nitrogens is 3. The van der Waals surface area contributed by atoms with Gasteiger partial charge in [0.15, 0.2) is 0 Å². The topological polar surface area (TPSA) is 110 Å². The molecule has 0 spiro atoms. The number of rotatable bonds is 6. The highest BCUT2D eigenvalue weighted by molar-refractivity contribution is 6.03.